The first-order chi connectivity index (χ1) is 7.63. The molecule has 86 valence electrons. The molecule has 2 saturated carbocycles. The van der Waals surface area contributed by atoms with Crippen molar-refractivity contribution in [3.63, 3.8) is 0 Å². The van der Waals surface area contributed by atoms with E-state index in [9.17, 15) is 4.79 Å². The average Bonchev–Trinajstić information content (AvgIpc) is 2.68. The van der Waals surface area contributed by atoms with Crippen molar-refractivity contribution in [2.45, 2.75) is 31.8 Å². The molecule has 2 aliphatic rings. The highest BCUT2D eigenvalue weighted by atomic mass is 16.5. The monoisotopic (exact) mass is 218 g/mol. The molecular formula is C14H18O2. The first-order valence-corrected chi connectivity index (χ1v) is 5.82. The summed E-state index contributed by atoms with van der Waals surface area (Å²) in [4.78, 5) is 11.2. The van der Waals surface area contributed by atoms with Gasteiger partial charge in [0.2, 0.25) is 0 Å². The second-order valence-corrected chi connectivity index (χ2v) is 4.71. The molecule has 16 heavy (non-hydrogen) atoms. The van der Waals surface area contributed by atoms with Gasteiger partial charge in [0.25, 0.3) is 0 Å². The Morgan fingerprint density at radius 2 is 1.94 bits per heavy atom. The molecule has 0 aliphatic heterocycles. The lowest BCUT2D eigenvalue weighted by Gasteiger charge is -2.32. The van der Waals surface area contributed by atoms with E-state index in [1.807, 2.05) is 0 Å². The molecule has 2 fully saturated rings. The molecule has 2 heteroatoms. The molecule has 0 N–H and O–H groups in total. The SMILES string of the molecule is C=CC(=O)OC1CCC2C(=C)CCC(=C)C12. The third kappa shape index (κ3) is 1.84. The summed E-state index contributed by atoms with van der Waals surface area (Å²) in [5.74, 6) is 0.448. The highest BCUT2D eigenvalue weighted by Gasteiger charge is 2.42. The van der Waals surface area contributed by atoms with E-state index in [-0.39, 0.29) is 12.1 Å². The van der Waals surface area contributed by atoms with Crippen LogP contribution in [0.15, 0.2) is 37.0 Å². The van der Waals surface area contributed by atoms with Crippen LogP contribution in [0.25, 0.3) is 0 Å². The van der Waals surface area contributed by atoms with Gasteiger partial charge in [0, 0.05) is 12.0 Å². The van der Waals surface area contributed by atoms with Gasteiger partial charge in [-0.15, -0.1) is 0 Å². The van der Waals surface area contributed by atoms with Crippen molar-refractivity contribution in [1.29, 1.82) is 0 Å². The molecule has 0 amide bonds. The summed E-state index contributed by atoms with van der Waals surface area (Å²) in [6, 6.07) is 0. The third-order valence-electron chi connectivity index (χ3n) is 3.79. The van der Waals surface area contributed by atoms with Crippen molar-refractivity contribution in [1.82, 2.24) is 0 Å². The molecule has 0 aromatic rings. The number of rotatable bonds is 2. The van der Waals surface area contributed by atoms with Crippen molar-refractivity contribution >= 4 is 5.97 Å². The topological polar surface area (TPSA) is 26.3 Å². The molecule has 0 aromatic heterocycles. The van der Waals surface area contributed by atoms with E-state index in [1.54, 1.807) is 0 Å². The van der Waals surface area contributed by atoms with Crippen molar-refractivity contribution in [2.75, 3.05) is 0 Å². The maximum Gasteiger partial charge on any atom is 0.330 e. The van der Waals surface area contributed by atoms with Gasteiger partial charge in [-0.25, -0.2) is 4.79 Å². The largest absolute Gasteiger partial charge is 0.459 e. The summed E-state index contributed by atoms with van der Waals surface area (Å²) < 4.78 is 5.39. The van der Waals surface area contributed by atoms with Gasteiger partial charge >= 0.3 is 5.97 Å². The van der Waals surface area contributed by atoms with Crippen LogP contribution in [0.2, 0.25) is 0 Å². The summed E-state index contributed by atoms with van der Waals surface area (Å²) in [5.41, 5.74) is 2.52. The Bertz CT molecular complexity index is 354. The minimum Gasteiger partial charge on any atom is -0.459 e. The molecule has 2 nitrogen and oxygen atoms in total. The van der Waals surface area contributed by atoms with E-state index in [1.165, 1.54) is 17.2 Å². The summed E-state index contributed by atoms with van der Waals surface area (Å²) in [6.45, 7) is 11.7. The predicted molar refractivity (Wildman–Crippen MR) is 63.8 cm³/mol. The Kier molecular flexibility index (Phi) is 2.99. The zero-order chi connectivity index (χ0) is 11.7. The van der Waals surface area contributed by atoms with Gasteiger partial charge in [-0.3, -0.25) is 0 Å². The molecule has 0 aromatic carbocycles. The van der Waals surface area contributed by atoms with Crippen LogP contribution in [0.5, 0.6) is 0 Å². The Balaban J connectivity index is 2.12. The van der Waals surface area contributed by atoms with Crippen LogP contribution in [0, 0.1) is 11.8 Å². The van der Waals surface area contributed by atoms with Gasteiger partial charge in [0.15, 0.2) is 0 Å². The fourth-order valence-electron chi connectivity index (χ4n) is 2.97. The van der Waals surface area contributed by atoms with Crippen LogP contribution in [0.3, 0.4) is 0 Å². The number of hydrogen-bond acceptors (Lipinski definition) is 2. The van der Waals surface area contributed by atoms with Crippen LogP contribution >= 0.6 is 0 Å². The van der Waals surface area contributed by atoms with Gasteiger partial charge in [-0.2, -0.15) is 0 Å². The van der Waals surface area contributed by atoms with E-state index in [0.29, 0.717) is 11.8 Å². The van der Waals surface area contributed by atoms with E-state index >= 15 is 0 Å². The van der Waals surface area contributed by atoms with Crippen LogP contribution in [-0.2, 0) is 9.53 Å². The molecule has 0 saturated heterocycles. The zero-order valence-corrected chi connectivity index (χ0v) is 9.58. The van der Waals surface area contributed by atoms with Crippen molar-refractivity contribution in [2.24, 2.45) is 11.8 Å². The van der Waals surface area contributed by atoms with Gasteiger partial charge in [0.1, 0.15) is 6.10 Å². The summed E-state index contributed by atoms with van der Waals surface area (Å²) in [5, 5.41) is 0. The summed E-state index contributed by atoms with van der Waals surface area (Å²) in [6.07, 6.45) is 5.24. The normalized spacial score (nSPS) is 33.4. The van der Waals surface area contributed by atoms with E-state index in [4.69, 9.17) is 4.74 Å². The van der Waals surface area contributed by atoms with Crippen molar-refractivity contribution in [3.05, 3.63) is 37.0 Å². The van der Waals surface area contributed by atoms with Gasteiger partial charge in [-0.1, -0.05) is 30.9 Å². The minimum absolute atomic E-state index is 0.0138. The van der Waals surface area contributed by atoms with Gasteiger partial charge in [0.05, 0.1) is 0 Å². The fraction of sp³-hybridized carbons (Fsp3) is 0.500. The van der Waals surface area contributed by atoms with Crippen LogP contribution in [0.1, 0.15) is 25.7 Å². The van der Waals surface area contributed by atoms with Crippen molar-refractivity contribution < 1.29 is 9.53 Å². The Hall–Kier alpha value is -1.31. The predicted octanol–water partition coefficient (Wildman–Crippen LogP) is 3.02. The Morgan fingerprint density at radius 1 is 1.25 bits per heavy atom. The highest BCUT2D eigenvalue weighted by molar-refractivity contribution is 5.81. The maximum absolute atomic E-state index is 11.2. The fourth-order valence-corrected chi connectivity index (χ4v) is 2.97. The quantitative estimate of drug-likeness (QED) is 0.404. The van der Waals surface area contributed by atoms with Gasteiger partial charge in [-0.05, 0) is 31.6 Å². The summed E-state index contributed by atoms with van der Waals surface area (Å²) >= 11 is 0. The Labute approximate surface area is 96.7 Å². The second kappa shape index (κ2) is 4.28. The number of esters is 1. The number of hydrogen-bond donors (Lipinski definition) is 0. The molecule has 3 atom stereocenters. The molecule has 0 radical (unpaired) electrons. The number of carbonyl (C=O) groups excluding carboxylic acids is 1. The number of carbonyl (C=O) groups is 1. The standard InChI is InChI=1S/C14H18O2/c1-4-13(15)16-12-8-7-11-9(2)5-6-10(3)14(11)12/h4,11-12,14H,1-3,5-8H2. The van der Waals surface area contributed by atoms with Crippen LogP contribution in [0.4, 0.5) is 0 Å². The molecule has 3 unspecified atom stereocenters. The number of fused-ring (bicyclic) bond motifs is 1. The summed E-state index contributed by atoms with van der Waals surface area (Å²) in [7, 11) is 0. The van der Waals surface area contributed by atoms with E-state index in [2.05, 4.69) is 19.7 Å². The highest BCUT2D eigenvalue weighted by Crippen LogP contribution is 2.47. The molecule has 0 heterocycles. The molecule has 0 spiro atoms. The lowest BCUT2D eigenvalue weighted by Crippen LogP contribution is -2.29. The van der Waals surface area contributed by atoms with Crippen molar-refractivity contribution in [3.8, 4) is 0 Å². The van der Waals surface area contributed by atoms with Gasteiger partial charge < -0.3 is 4.74 Å². The van der Waals surface area contributed by atoms with E-state index in [0.717, 1.165) is 25.7 Å². The van der Waals surface area contributed by atoms with Crippen LogP contribution < -0.4 is 0 Å². The third-order valence-corrected chi connectivity index (χ3v) is 3.79. The average molecular weight is 218 g/mol. The lowest BCUT2D eigenvalue weighted by molar-refractivity contribution is -0.144. The first-order valence-electron chi connectivity index (χ1n) is 5.82. The minimum atomic E-state index is -0.324. The second-order valence-electron chi connectivity index (χ2n) is 4.71. The van der Waals surface area contributed by atoms with E-state index < -0.39 is 0 Å². The maximum atomic E-state index is 11.2. The first kappa shape index (κ1) is 11.2. The number of ether oxygens (including phenoxy) is 1. The molecule has 2 rings (SSSR count). The van der Waals surface area contributed by atoms with Crippen LogP contribution in [-0.4, -0.2) is 12.1 Å². The zero-order valence-electron chi connectivity index (χ0n) is 9.58. The molecule has 2 aliphatic carbocycles. The Morgan fingerprint density at radius 3 is 2.62 bits per heavy atom. The lowest BCUT2D eigenvalue weighted by atomic mass is 9.75. The smallest absolute Gasteiger partial charge is 0.330 e. The number of allylic oxidation sites excluding steroid dienone is 1. The molecular weight excluding hydrogens is 200 g/mol. The molecule has 0 bridgehead atoms.